The molecule has 0 fully saturated rings. The summed E-state index contributed by atoms with van der Waals surface area (Å²) < 4.78 is 26.3. The Hall–Kier alpha value is -1.82. The van der Waals surface area contributed by atoms with Gasteiger partial charge in [-0.1, -0.05) is 11.6 Å². The Bertz CT molecular complexity index is 542. The van der Waals surface area contributed by atoms with E-state index < -0.39 is 12.1 Å². The first kappa shape index (κ1) is 11.7. The van der Waals surface area contributed by atoms with E-state index in [-0.39, 0.29) is 17.0 Å². The van der Waals surface area contributed by atoms with Gasteiger partial charge >= 0.3 is 0 Å². The van der Waals surface area contributed by atoms with Crippen LogP contribution >= 0.6 is 11.6 Å². The molecule has 2 aromatic rings. The number of hydrogen-bond donors (Lipinski definition) is 0. The lowest BCUT2D eigenvalue weighted by Gasteiger charge is -2.01. The van der Waals surface area contributed by atoms with Gasteiger partial charge in [0.25, 0.3) is 6.43 Å². The summed E-state index contributed by atoms with van der Waals surface area (Å²) in [5, 5.41) is 3.49. The van der Waals surface area contributed by atoms with Crippen molar-refractivity contribution in [1.82, 2.24) is 14.8 Å². The van der Waals surface area contributed by atoms with Gasteiger partial charge in [0, 0.05) is 12.4 Å². The van der Waals surface area contributed by atoms with Crippen molar-refractivity contribution < 1.29 is 13.6 Å². The van der Waals surface area contributed by atoms with Crippen LogP contribution in [0.4, 0.5) is 8.78 Å². The summed E-state index contributed by atoms with van der Waals surface area (Å²) in [5.74, 6) is 0. The van der Waals surface area contributed by atoms with Crippen molar-refractivity contribution >= 4 is 17.9 Å². The molecule has 0 aliphatic carbocycles. The summed E-state index contributed by atoms with van der Waals surface area (Å²) in [4.78, 5) is 14.5. The minimum absolute atomic E-state index is 0.137. The van der Waals surface area contributed by atoms with E-state index in [2.05, 4.69) is 10.1 Å². The molecule has 0 spiro atoms. The highest BCUT2D eigenvalue weighted by molar-refractivity contribution is 6.32. The molecule has 4 nitrogen and oxygen atoms in total. The molecule has 0 aromatic carbocycles. The smallest absolute Gasteiger partial charge is 0.282 e. The summed E-state index contributed by atoms with van der Waals surface area (Å²) in [5.41, 5.74) is -0.458. The second kappa shape index (κ2) is 4.58. The number of aldehydes is 1. The van der Waals surface area contributed by atoms with Crippen LogP contribution in [0, 0.1) is 0 Å². The molecule has 0 atom stereocenters. The first-order valence-corrected chi connectivity index (χ1v) is 4.95. The molecule has 0 radical (unpaired) electrons. The van der Waals surface area contributed by atoms with E-state index in [0.29, 0.717) is 5.69 Å². The molecule has 0 aliphatic heterocycles. The monoisotopic (exact) mass is 257 g/mol. The third kappa shape index (κ3) is 2.03. The zero-order valence-electron chi connectivity index (χ0n) is 8.35. The Morgan fingerprint density at radius 1 is 1.35 bits per heavy atom. The van der Waals surface area contributed by atoms with Gasteiger partial charge in [-0.2, -0.15) is 5.10 Å². The number of pyridine rings is 1. The summed E-state index contributed by atoms with van der Waals surface area (Å²) in [6.45, 7) is 0. The Labute approximate surface area is 99.8 Å². The van der Waals surface area contributed by atoms with Crippen LogP contribution in [0.15, 0.2) is 24.5 Å². The largest absolute Gasteiger partial charge is 0.298 e. The molecule has 2 heterocycles. The number of alkyl halides is 2. The van der Waals surface area contributed by atoms with E-state index in [1.54, 1.807) is 12.1 Å². The Morgan fingerprint density at radius 2 is 2.00 bits per heavy atom. The number of hydrogen-bond acceptors (Lipinski definition) is 3. The van der Waals surface area contributed by atoms with Crippen LogP contribution in [-0.4, -0.2) is 21.1 Å². The molecular formula is C10H6ClF2N3O. The highest BCUT2D eigenvalue weighted by Gasteiger charge is 2.23. The molecule has 0 bridgehead atoms. The second-order valence-electron chi connectivity index (χ2n) is 3.13. The Kier molecular flexibility index (Phi) is 3.14. The van der Waals surface area contributed by atoms with Crippen molar-refractivity contribution in [3.05, 3.63) is 40.9 Å². The molecule has 0 saturated heterocycles. The van der Waals surface area contributed by atoms with Gasteiger partial charge in [-0.25, -0.2) is 13.5 Å². The lowest BCUT2D eigenvalue weighted by atomic mass is 10.3. The minimum atomic E-state index is -2.85. The maximum absolute atomic E-state index is 12.6. The maximum Gasteiger partial charge on any atom is 0.282 e. The molecule has 0 amide bonds. The fraction of sp³-hybridized carbons (Fsp3) is 0.100. The number of aromatic nitrogens is 3. The summed E-state index contributed by atoms with van der Waals surface area (Å²) in [7, 11) is 0. The predicted octanol–water partition coefficient (Wildman–Crippen LogP) is 2.67. The van der Waals surface area contributed by atoms with Crippen LogP contribution in [0.2, 0.25) is 5.15 Å². The molecular weight excluding hydrogens is 252 g/mol. The lowest BCUT2D eigenvalue weighted by Crippen LogP contribution is -1.97. The first-order valence-electron chi connectivity index (χ1n) is 4.57. The zero-order chi connectivity index (χ0) is 12.4. The zero-order valence-corrected chi connectivity index (χ0v) is 9.10. The molecule has 0 N–H and O–H groups in total. The van der Waals surface area contributed by atoms with Gasteiger partial charge < -0.3 is 0 Å². The summed E-state index contributed by atoms with van der Waals surface area (Å²) in [6, 6.07) is 3.09. The number of carbonyl (C=O) groups excluding carboxylic acids is 1. The van der Waals surface area contributed by atoms with Gasteiger partial charge in [0.1, 0.15) is 10.8 Å². The Balaban J connectivity index is 2.61. The molecule has 0 saturated carbocycles. The van der Waals surface area contributed by atoms with Crippen molar-refractivity contribution in [1.29, 1.82) is 0 Å². The fourth-order valence-electron chi connectivity index (χ4n) is 1.35. The van der Waals surface area contributed by atoms with Crippen LogP contribution in [-0.2, 0) is 0 Å². The topological polar surface area (TPSA) is 47.8 Å². The molecule has 0 aliphatic rings. The van der Waals surface area contributed by atoms with E-state index in [0.717, 1.165) is 4.68 Å². The molecule has 7 heteroatoms. The predicted molar refractivity (Wildman–Crippen MR) is 56.7 cm³/mol. The van der Waals surface area contributed by atoms with Crippen LogP contribution in [0.3, 0.4) is 0 Å². The fourth-order valence-corrected chi connectivity index (χ4v) is 1.63. The van der Waals surface area contributed by atoms with E-state index in [1.807, 2.05) is 0 Å². The van der Waals surface area contributed by atoms with Gasteiger partial charge in [0.15, 0.2) is 6.29 Å². The highest BCUT2D eigenvalue weighted by Crippen LogP contribution is 2.28. The molecule has 17 heavy (non-hydrogen) atoms. The molecule has 0 unspecified atom stereocenters. The van der Waals surface area contributed by atoms with Gasteiger partial charge in [-0.15, -0.1) is 0 Å². The lowest BCUT2D eigenvalue weighted by molar-refractivity contribution is 0.110. The number of rotatable bonds is 3. The molecule has 88 valence electrons. The normalized spacial score (nSPS) is 10.8. The third-order valence-electron chi connectivity index (χ3n) is 2.12. The minimum Gasteiger partial charge on any atom is -0.298 e. The standard InChI is InChI=1S/C10H6ClF2N3O/c11-9-7(5-17)8(10(12)13)15-16(9)6-1-3-14-4-2-6/h1-5,10H. The van der Waals surface area contributed by atoms with E-state index in [4.69, 9.17) is 11.6 Å². The van der Waals surface area contributed by atoms with Gasteiger partial charge in [0.05, 0.1) is 11.3 Å². The van der Waals surface area contributed by atoms with Gasteiger partial charge in [-0.05, 0) is 12.1 Å². The Morgan fingerprint density at radius 3 is 2.47 bits per heavy atom. The third-order valence-corrected chi connectivity index (χ3v) is 2.49. The van der Waals surface area contributed by atoms with E-state index in [1.165, 1.54) is 12.4 Å². The van der Waals surface area contributed by atoms with Crippen LogP contribution < -0.4 is 0 Å². The van der Waals surface area contributed by atoms with Gasteiger partial charge in [0.2, 0.25) is 0 Å². The van der Waals surface area contributed by atoms with Gasteiger partial charge in [-0.3, -0.25) is 9.78 Å². The summed E-state index contributed by atoms with van der Waals surface area (Å²) in [6.07, 6.45) is 0.358. The van der Waals surface area contributed by atoms with Crippen LogP contribution in [0.1, 0.15) is 22.5 Å². The van der Waals surface area contributed by atoms with E-state index in [9.17, 15) is 13.6 Å². The average molecular weight is 258 g/mol. The van der Waals surface area contributed by atoms with Crippen LogP contribution in [0.25, 0.3) is 5.69 Å². The average Bonchev–Trinajstić information content (AvgIpc) is 2.67. The SMILES string of the molecule is O=Cc1c(C(F)F)nn(-c2ccncc2)c1Cl. The first-order chi connectivity index (χ1) is 8.15. The van der Waals surface area contributed by atoms with Crippen molar-refractivity contribution in [2.45, 2.75) is 6.43 Å². The maximum atomic E-state index is 12.6. The number of carbonyl (C=O) groups is 1. The van der Waals surface area contributed by atoms with Crippen molar-refractivity contribution in [2.24, 2.45) is 0 Å². The molecule has 2 aromatic heterocycles. The van der Waals surface area contributed by atoms with E-state index >= 15 is 0 Å². The van der Waals surface area contributed by atoms with Crippen molar-refractivity contribution in [3.8, 4) is 5.69 Å². The van der Waals surface area contributed by atoms with Crippen molar-refractivity contribution in [2.75, 3.05) is 0 Å². The van der Waals surface area contributed by atoms with Crippen molar-refractivity contribution in [3.63, 3.8) is 0 Å². The second-order valence-corrected chi connectivity index (χ2v) is 3.48. The quantitative estimate of drug-likeness (QED) is 0.794. The number of nitrogens with zero attached hydrogens (tertiary/aromatic N) is 3. The summed E-state index contributed by atoms with van der Waals surface area (Å²) >= 11 is 5.82. The highest BCUT2D eigenvalue weighted by atomic mass is 35.5. The number of halogens is 3. The molecule has 2 rings (SSSR count). The van der Waals surface area contributed by atoms with Crippen LogP contribution in [0.5, 0.6) is 0 Å².